The van der Waals surface area contributed by atoms with Gasteiger partial charge in [-0.3, -0.25) is 14.3 Å². The van der Waals surface area contributed by atoms with E-state index in [1.54, 1.807) is 12.4 Å². The van der Waals surface area contributed by atoms with Crippen LogP contribution in [0.15, 0.2) is 29.9 Å². The van der Waals surface area contributed by atoms with E-state index in [0.29, 0.717) is 4.88 Å². The Hall–Kier alpha value is -2.21. The van der Waals surface area contributed by atoms with E-state index in [0.717, 1.165) is 41.8 Å². The number of nitrogens with two attached hydrogens (primary N) is 1. The monoisotopic (exact) mass is 300 g/mol. The normalized spacial score (nSPS) is 11.1. The van der Waals surface area contributed by atoms with E-state index >= 15 is 0 Å². The molecular formula is C15H16N4OS. The average molecular weight is 300 g/mol. The summed E-state index contributed by atoms with van der Waals surface area (Å²) in [5.74, 6) is 0.598. The van der Waals surface area contributed by atoms with Gasteiger partial charge in [-0.15, -0.1) is 11.3 Å². The number of pyridine rings is 1. The zero-order valence-electron chi connectivity index (χ0n) is 11.7. The lowest BCUT2D eigenvalue weighted by molar-refractivity contribution is 0.100. The number of aryl methyl sites for hydroxylation is 1. The van der Waals surface area contributed by atoms with Gasteiger partial charge in [-0.2, -0.15) is 0 Å². The molecule has 0 aliphatic carbocycles. The van der Waals surface area contributed by atoms with E-state index in [-0.39, 0.29) is 0 Å². The topological polar surface area (TPSA) is 73.8 Å². The molecule has 0 bridgehead atoms. The lowest BCUT2D eigenvalue weighted by atomic mass is 10.2. The van der Waals surface area contributed by atoms with Gasteiger partial charge in [0.1, 0.15) is 11.3 Å². The van der Waals surface area contributed by atoms with Crippen molar-refractivity contribution in [1.82, 2.24) is 14.5 Å². The second kappa shape index (κ2) is 5.65. The van der Waals surface area contributed by atoms with Gasteiger partial charge >= 0.3 is 0 Å². The second-order valence-electron chi connectivity index (χ2n) is 4.86. The standard InChI is InChI=1S/C15H16N4OS/c1-2-3-4-14-18-11-8-17-6-5-12(11)19(14)10-7-13(15(16)20)21-9-10/h5-9H,2-4H2,1H3,(H2,16,20). The maximum absolute atomic E-state index is 11.3. The van der Waals surface area contributed by atoms with Crippen molar-refractivity contribution in [3.05, 3.63) is 40.6 Å². The first-order chi connectivity index (χ1) is 10.2. The van der Waals surface area contributed by atoms with E-state index < -0.39 is 5.91 Å². The molecule has 1 amide bonds. The van der Waals surface area contributed by atoms with Gasteiger partial charge in [0.05, 0.1) is 22.3 Å². The molecule has 6 heteroatoms. The zero-order chi connectivity index (χ0) is 14.8. The molecule has 3 rings (SSSR count). The van der Waals surface area contributed by atoms with Crippen molar-refractivity contribution < 1.29 is 4.79 Å². The smallest absolute Gasteiger partial charge is 0.258 e. The summed E-state index contributed by atoms with van der Waals surface area (Å²) in [7, 11) is 0. The van der Waals surface area contributed by atoms with Crippen LogP contribution in [0.2, 0.25) is 0 Å². The van der Waals surface area contributed by atoms with Crippen molar-refractivity contribution in [2.24, 2.45) is 5.73 Å². The van der Waals surface area contributed by atoms with Crippen molar-refractivity contribution >= 4 is 28.3 Å². The highest BCUT2D eigenvalue weighted by Crippen LogP contribution is 2.25. The van der Waals surface area contributed by atoms with Gasteiger partial charge in [-0.05, 0) is 18.6 Å². The number of carbonyl (C=O) groups excluding carboxylic acids is 1. The fourth-order valence-electron chi connectivity index (χ4n) is 2.35. The molecule has 3 heterocycles. The number of fused-ring (bicyclic) bond motifs is 1. The van der Waals surface area contributed by atoms with E-state index in [1.807, 2.05) is 17.5 Å². The van der Waals surface area contributed by atoms with Crippen LogP contribution in [0.3, 0.4) is 0 Å². The molecule has 0 aliphatic rings. The predicted molar refractivity (Wildman–Crippen MR) is 83.9 cm³/mol. The molecule has 0 fully saturated rings. The van der Waals surface area contributed by atoms with Crippen LogP contribution in [-0.4, -0.2) is 20.4 Å². The molecule has 0 saturated heterocycles. The minimum atomic E-state index is -0.396. The highest BCUT2D eigenvalue weighted by molar-refractivity contribution is 7.12. The average Bonchev–Trinajstić information content (AvgIpc) is 3.08. The number of hydrogen-bond donors (Lipinski definition) is 1. The number of primary amides is 1. The van der Waals surface area contributed by atoms with Crippen molar-refractivity contribution in [3.63, 3.8) is 0 Å². The Morgan fingerprint density at radius 1 is 1.48 bits per heavy atom. The largest absolute Gasteiger partial charge is 0.365 e. The zero-order valence-corrected chi connectivity index (χ0v) is 12.6. The molecule has 0 spiro atoms. The van der Waals surface area contributed by atoms with Gasteiger partial charge in [0.2, 0.25) is 0 Å². The van der Waals surface area contributed by atoms with Gasteiger partial charge in [-0.25, -0.2) is 4.98 Å². The molecule has 108 valence electrons. The summed E-state index contributed by atoms with van der Waals surface area (Å²) in [5.41, 5.74) is 8.16. The molecule has 0 aromatic carbocycles. The van der Waals surface area contributed by atoms with E-state index in [2.05, 4.69) is 21.5 Å². The highest BCUT2D eigenvalue weighted by atomic mass is 32.1. The lowest BCUT2D eigenvalue weighted by Gasteiger charge is -2.06. The van der Waals surface area contributed by atoms with Gasteiger partial charge in [0.25, 0.3) is 5.91 Å². The Morgan fingerprint density at radius 2 is 2.33 bits per heavy atom. The Kier molecular flexibility index (Phi) is 3.70. The first kappa shape index (κ1) is 13.8. The van der Waals surface area contributed by atoms with Crippen molar-refractivity contribution in [2.75, 3.05) is 0 Å². The molecule has 0 atom stereocenters. The molecule has 0 unspecified atom stereocenters. The summed E-state index contributed by atoms with van der Waals surface area (Å²) in [6.07, 6.45) is 6.60. The Bertz CT molecular complexity index is 790. The predicted octanol–water partition coefficient (Wildman–Crippen LogP) is 2.92. The number of amides is 1. The fraction of sp³-hybridized carbons (Fsp3) is 0.267. The number of aromatic nitrogens is 3. The van der Waals surface area contributed by atoms with Crippen LogP contribution in [0.4, 0.5) is 0 Å². The number of imidazole rings is 1. The SMILES string of the molecule is CCCCc1nc2cnccc2n1-c1csc(C(N)=O)c1. The lowest BCUT2D eigenvalue weighted by Crippen LogP contribution is -2.08. The highest BCUT2D eigenvalue weighted by Gasteiger charge is 2.14. The number of nitrogens with zero attached hydrogens (tertiary/aromatic N) is 3. The maximum atomic E-state index is 11.3. The van der Waals surface area contributed by atoms with E-state index in [1.165, 1.54) is 11.3 Å². The van der Waals surface area contributed by atoms with Crippen molar-refractivity contribution in [1.29, 1.82) is 0 Å². The second-order valence-corrected chi connectivity index (χ2v) is 5.78. The van der Waals surface area contributed by atoms with Crippen LogP contribution in [0.1, 0.15) is 35.3 Å². The van der Waals surface area contributed by atoms with E-state index in [9.17, 15) is 4.79 Å². The fourth-order valence-corrected chi connectivity index (χ4v) is 3.07. The first-order valence-electron chi connectivity index (χ1n) is 6.90. The third kappa shape index (κ3) is 2.54. The number of hydrogen-bond acceptors (Lipinski definition) is 4. The molecule has 0 aliphatic heterocycles. The van der Waals surface area contributed by atoms with Gasteiger partial charge in [0, 0.05) is 18.0 Å². The summed E-state index contributed by atoms with van der Waals surface area (Å²) in [6.45, 7) is 2.16. The summed E-state index contributed by atoms with van der Waals surface area (Å²) in [4.78, 5) is 20.7. The number of rotatable bonds is 5. The van der Waals surface area contributed by atoms with Crippen LogP contribution in [0, 0.1) is 0 Å². The number of thiophene rings is 1. The molecular weight excluding hydrogens is 284 g/mol. The Morgan fingerprint density at radius 3 is 3.05 bits per heavy atom. The van der Waals surface area contributed by atoms with E-state index in [4.69, 9.17) is 5.73 Å². The van der Waals surface area contributed by atoms with Crippen LogP contribution < -0.4 is 5.73 Å². The summed E-state index contributed by atoms with van der Waals surface area (Å²) in [5, 5.41) is 1.94. The molecule has 0 radical (unpaired) electrons. The summed E-state index contributed by atoms with van der Waals surface area (Å²) in [6, 6.07) is 3.77. The molecule has 0 saturated carbocycles. The number of unbranched alkanes of at least 4 members (excludes halogenated alkanes) is 1. The molecule has 3 aromatic heterocycles. The van der Waals surface area contributed by atoms with Crippen LogP contribution in [0.5, 0.6) is 0 Å². The van der Waals surface area contributed by atoms with Crippen LogP contribution in [0.25, 0.3) is 16.7 Å². The van der Waals surface area contributed by atoms with Crippen molar-refractivity contribution in [3.8, 4) is 5.69 Å². The minimum absolute atomic E-state index is 0.396. The minimum Gasteiger partial charge on any atom is -0.365 e. The van der Waals surface area contributed by atoms with Gasteiger partial charge in [0.15, 0.2) is 0 Å². The number of carbonyl (C=O) groups is 1. The first-order valence-corrected chi connectivity index (χ1v) is 7.78. The van der Waals surface area contributed by atoms with Crippen molar-refractivity contribution in [2.45, 2.75) is 26.2 Å². The van der Waals surface area contributed by atoms with Crippen LogP contribution in [-0.2, 0) is 6.42 Å². The molecule has 2 N–H and O–H groups in total. The molecule has 3 aromatic rings. The van der Waals surface area contributed by atoms with Crippen LogP contribution >= 0.6 is 11.3 Å². The third-order valence-corrected chi connectivity index (χ3v) is 4.30. The van der Waals surface area contributed by atoms with Gasteiger partial charge in [-0.1, -0.05) is 13.3 Å². The summed E-state index contributed by atoms with van der Waals surface area (Å²) < 4.78 is 2.09. The third-order valence-electron chi connectivity index (χ3n) is 3.37. The summed E-state index contributed by atoms with van der Waals surface area (Å²) >= 11 is 1.36. The molecule has 5 nitrogen and oxygen atoms in total. The quantitative estimate of drug-likeness (QED) is 0.787. The van der Waals surface area contributed by atoms with Gasteiger partial charge < -0.3 is 5.73 Å². The molecule has 21 heavy (non-hydrogen) atoms. The Labute approximate surface area is 126 Å². The maximum Gasteiger partial charge on any atom is 0.258 e. The Balaban J connectivity index is 2.15.